The quantitative estimate of drug-likeness (QED) is 0.313. The molecular weight excluding hydrogens is 442 g/mol. The Balaban J connectivity index is 2.01. The fraction of sp³-hybridized carbons (Fsp3) is 0.778. The van der Waals surface area contributed by atoms with Gasteiger partial charge in [0, 0.05) is 11.1 Å². The van der Waals surface area contributed by atoms with E-state index >= 15 is 0 Å². The van der Waals surface area contributed by atoms with Crippen molar-refractivity contribution in [2.75, 3.05) is 0 Å². The van der Waals surface area contributed by atoms with Gasteiger partial charge in [-0.05, 0) is 72.1 Å². The highest BCUT2D eigenvalue weighted by atomic mass is 31.0. The molecule has 4 aliphatic rings. The van der Waals surface area contributed by atoms with Crippen LogP contribution in [0.3, 0.4) is 0 Å². The summed E-state index contributed by atoms with van der Waals surface area (Å²) in [6.07, 6.45) is 7.40. The number of hydrogen-bond donors (Lipinski definition) is 0. The van der Waals surface area contributed by atoms with Gasteiger partial charge in [0.25, 0.3) is 0 Å². The molecule has 0 aliphatic heterocycles. The molecule has 5 rings (SSSR count). The Morgan fingerprint density at radius 3 is 1.81 bits per heavy atom. The molecule has 4 fully saturated rings. The second-order valence-corrected chi connectivity index (χ2v) is 26.1. The van der Waals surface area contributed by atoms with Gasteiger partial charge in [-0.25, -0.2) is 0 Å². The maximum absolute atomic E-state index is 3.40. The maximum atomic E-state index is 3.40. The molecule has 1 aromatic rings. The molecule has 174 valence electrons. The van der Waals surface area contributed by atoms with Crippen LogP contribution in [-0.2, 0) is 5.41 Å². The molecular formula is C27H48P2Si2. The summed E-state index contributed by atoms with van der Waals surface area (Å²) in [5, 5.41) is 3.54. The molecule has 4 saturated carbocycles. The van der Waals surface area contributed by atoms with Gasteiger partial charge in [0.2, 0.25) is 0 Å². The average molecular weight is 491 g/mol. The SMILES string of the molecule is CC(C)(C)C(P)c1cc([Si](C)(C)C)c([Si](C)(C)C)cc1C12CC3CC(CC(C3)C1P)C2. The van der Waals surface area contributed by atoms with Crippen molar-refractivity contribution in [1.82, 2.24) is 0 Å². The third kappa shape index (κ3) is 4.24. The highest BCUT2D eigenvalue weighted by Gasteiger charge is 2.57. The lowest BCUT2D eigenvalue weighted by atomic mass is 9.47. The zero-order valence-electron chi connectivity index (χ0n) is 21.7. The van der Waals surface area contributed by atoms with Crippen molar-refractivity contribution in [2.24, 2.45) is 23.2 Å². The van der Waals surface area contributed by atoms with Crippen LogP contribution in [0.1, 0.15) is 69.7 Å². The predicted molar refractivity (Wildman–Crippen MR) is 153 cm³/mol. The van der Waals surface area contributed by atoms with Gasteiger partial charge in [-0.3, -0.25) is 0 Å². The molecule has 4 aliphatic carbocycles. The monoisotopic (exact) mass is 490 g/mol. The van der Waals surface area contributed by atoms with Crippen LogP contribution in [0.25, 0.3) is 0 Å². The first kappa shape index (κ1) is 24.6. The summed E-state index contributed by atoms with van der Waals surface area (Å²) < 4.78 is 0. The van der Waals surface area contributed by atoms with Crippen LogP contribution in [0.2, 0.25) is 39.3 Å². The van der Waals surface area contributed by atoms with Gasteiger partial charge in [-0.15, -0.1) is 18.5 Å². The second-order valence-electron chi connectivity index (χ2n) is 14.6. The minimum Gasteiger partial charge on any atom is -0.133 e. The van der Waals surface area contributed by atoms with Gasteiger partial charge in [0.05, 0.1) is 16.1 Å². The highest BCUT2D eigenvalue weighted by Crippen LogP contribution is 2.64. The van der Waals surface area contributed by atoms with Crippen molar-refractivity contribution in [3.05, 3.63) is 23.3 Å². The van der Waals surface area contributed by atoms with Crippen LogP contribution in [0.15, 0.2) is 12.1 Å². The molecule has 0 spiro atoms. The smallest absolute Gasteiger partial charge is 0.0774 e. The Labute approximate surface area is 199 Å². The van der Waals surface area contributed by atoms with Crippen LogP contribution < -0.4 is 10.4 Å². The Bertz CT molecular complexity index is 842. The predicted octanol–water partition coefficient (Wildman–Crippen LogP) is 7.06. The number of benzene rings is 1. The largest absolute Gasteiger partial charge is 0.133 e. The molecule has 0 N–H and O–H groups in total. The van der Waals surface area contributed by atoms with Crippen molar-refractivity contribution >= 4 is 45.0 Å². The van der Waals surface area contributed by atoms with Crippen LogP contribution in [0.4, 0.5) is 0 Å². The van der Waals surface area contributed by atoms with E-state index in [1.54, 1.807) is 21.5 Å². The first-order valence-electron chi connectivity index (χ1n) is 12.7. The molecule has 1 aromatic carbocycles. The molecule has 31 heavy (non-hydrogen) atoms. The fourth-order valence-corrected chi connectivity index (χ4v) is 13.7. The Morgan fingerprint density at radius 1 is 0.871 bits per heavy atom. The van der Waals surface area contributed by atoms with E-state index in [1.165, 1.54) is 32.1 Å². The summed E-state index contributed by atoms with van der Waals surface area (Å²) in [4.78, 5) is 0. The molecule has 0 nitrogen and oxygen atoms in total. The lowest BCUT2D eigenvalue weighted by Gasteiger charge is -2.61. The van der Waals surface area contributed by atoms with Crippen molar-refractivity contribution in [3.8, 4) is 0 Å². The van der Waals surface area contributed by atoms with Crippen molar-refractivity contribution in [1.29, 1.82) is 0 Å². The van der Waals surface area contributed by atoms with Gasteiger partial charge in [0.15, 0.2) is 0 Å². The van der Waals surface area contributed by atoms with Crippen molar-refractivity contribution in [2.45, 2.75) is 109 Å². The van der Waals surface area contributed by atoms with E-state index in [2.05, 4.69) is 90.7 Å². The third-order valence-electron chi connectivity index (χ3n) is 9.00. The van der Waals surface area contributed by atoms with Gasteiger partial charge in [-0.1, -0.05) is 82.6 Å². The van der Waals surface area contributed by atoms with Gasteiger partial charge in [-0.2, -0.15) is 0 Å². The van der Waals surface area contributed by atoms with Crippen LogP contribution in [-0.4, -0.2) is 21.8 Å². The lowest BCUT2D eigenvalue weighted by molar-refractivity contribution is 0.00110. The van der Waals surface area contributed by atoms with E-state index in [1.807, 2.05) is 0 Å². The van der Waals surface area contributed by atoms with E-state index in [0.29, 0.717) is 11.1 Å². The van der Waals surface area contributed by atoms with E-state index in [0.717, 1.165) is 23.4 Å². The van der Waals surface area contributed by atoms with Crippen molar-refractivity contribution in [3.63, 3.8) is 0 Å². The van der Waals surface area contributed by atoms with Crippen LogP contribution in [0.5, 0.6) is 0 Å². The Hall–Kier alpha value is 0.514. The topological polar surface area (TPSA) is 0 Å². The fourth-order valence-electron chi connectivity index (χ4n) is 7.49. The van der Waals surface area contributed by atoms with Gasteiger partial charge < -0.3 is 0 Å². The average Bonchev–Trinajstić information content (AvgIpc) is 2.61. The minimum atomic E-state index is -1.44. The standard InChI is InChI=1S/C27H48P2Si2/c1-26(2,3)25(29)20-13-22(30(4,5)6)23(31(7,8)9)14-21(20)27-15-17-10-18(16-27)12-19(11-17)24(27)28/h13-14,17-19,24-25H,10-12,15-16,28-29H2,1-9H3. The summed E-state index contributed by atoms with van der Waals surface area (Å²) in [7, 11) is 3.83. The highest BCUT2D eigenvalue weighted by molar-refractivity contribution is 7.18. The van der Waals surface area contributed by atoms with Crippen LogP contribution >= 0.6 is 18.5 Å². The summed E-state index contributed by atoms with van der Waals surface area (Å²) in [5.74, 6) is 2.90. The molecule has 0 saturated heterocycles. The number of rotatable bonds is 4. The first-order valence-corrected chi connectivity index (χ1v) is 21.1. The zero-order valence-corrected chi connectivity index (χ0v) is 26.0. The van der Waals surface area contributed by atoms with Gasteiger partial charge >= 0.3 is 0 Å². The molecule has 6 unspecified atom stereocenters. The van der Waals surface area contributed by atoms with Crippen molar-refractivity contribution < 1.29 is 0 Å². The molecule has 4 heteroatoms. The Kier molecular flexibility index (Phi) is 6.17. The van der Waals surface area contributed by atoms with E-state index in [4.69, 9.17) is 0 Å². The van der Waals surface area contributed by atoms with Gasteiger partial charge in [0.1, 0.15) is 0 Å². The summed E-state index contributed by atoms with van der Waals surface area (Å²) in [6, 6.07) is 5.58. The first-order chi connectivity index (χ1) is 14.0. The van der Waals surface area contributed by atoms with E-state index in [-0.39, 0.29) is 5.41 Å². The summed E-state index contributed by atoms with van der Waals surface area (Å²) >= 11 is 0. The van der Waals surface area contributed by atoms with E-state index in [9.17, 15) is 0 Å². The molecule has 6 atom stereocenters. The van der Waals surface area contributed by atoms with E-state index < -0.39 is 16.1 Å². The normalized spacial score (nSPS) is 34.3. The van der Waals surface area contributed by atoms with Crippen LogP contribution in [0, 0.1) is 23.2 Å². The molecule has 4 bridgehead atoms. The third-order valence-corrected chi connectivity index (χ3v) is 15.9. The summed E-state index contributed by atoms with van der Waals surface area (Å²) in [6.45, 7) is 22.7. The lowest BCUT2D eigenvalue weighted by Crippen LogP contribution is -2.60. The molecule has 0 amide bonds. The Morgan fingerprint density at radius 2 is 1.35 bits per heavy atom. The summed E-state index contributed by atoms with van der Waals surface area (Å²) in [5.41, 5.74) is 5.41. The number of hydrogen-bond acceptors (Lipinski definition) is 0. The minimum absolute atomic E-state index is 0.259. The molecule has 0 radical (unpaired) electrons. The maximum Gasteiger partial charge on any atom is 0.0774 e. The zero-order chi connectivity index (χ0) is 23.1. The second kappa shape index (κ2) is 7.76. The molecule has 0 heterocycles. The molecule has 0 aromatic heterocycles.